The number of carbonyl (C=O) groups excluding carboxylic acids is 1. The standard InChI is InChI=1S/C25H30N6O3/c1-25(2,3)34-24(33)28-15-16-7-6-9-18(13-16)29-22-21-20(11-12-27-23(21)32)31(30-22)19-10-5-4-8-17(19)14-26/h6-7,9,11-13,17,19H,4-5,8,10,15H2,1-3H3,(H,27,32)(H,28,33)(H,29,30). The molecular weight excluding hydrogens is 432 g/mol. The summed E-state index contributed by atoms with van der Waals surface area (Å²) in [5.41, 5.74) is 1.51. The van der Waals surface area contributed by atoms with E-state index in [1.54, 1.807) is 6.20 Å². The van der Waals surface area contributed by atoms with Gasteiger partial charge in [0.25, 0.3) is 5.56 Å². The van der Waals surface area contributed by atoms with Gasteiger partial charge >= 0.3 is 6.09 Å². The van der Waals surface area contributed by atoms with Gasteiger partial charge in [-0.25, -0.2) is 4.79 Å². The fourth-order valence-corrected chi connectivity index (χ4v) is 4.38. The largest absolute Gasteiger partial charge is 0.444 e. The first-order valence-corrected chi connectivity index (χ1v) is 11.6. The van der Waals surface area contributed by atoms with Crippen LogP contribution in [-0.4, -0.2) is 26.5 Å². The molecule has 0 radical (unpaired) electrons. The highest BCUT2D eigenvalue weighted by Crippen LogP contribution is 2.36. The van der Waals surface area contributed by atoms with Gasteiger partial charge in [0.15, 0.2) is 5.82 Å². The van der Waals surface area contributed by atoms with E-state index >= 15 is 0 Å². The van der Waals surface area contributed by atoms with Crippen LogP contribution in [0.15, 0.2) is 41.3 Å². The number of hydrogen-bond acceptors (Lipinski definition) is 6. The molecule has 1 amide bonds. The molecule has 0 aliphatic heterocycles. The first kappa shape index (κ1) is 23.4. The van der Waals surface area contributed by atoms with Crippen LogP contribution < -0.4 is 16.2 Å². The van der Waals surface area contributed by atoms with Crippen molar-refractivity contribution >= 4 is 28.5 Å². The van der Waals surface area contributed by atoms with Gasteiger partial charge in [-0.3, -0.25) is 9.48 Å². The smallest absolute Gasteiger partial charge is 0.407 e. The van der Waals surface area contributed by atoms with Gasteiger partial charge < -0.3 is 20.4 Å². The SMILES string of the molecule is CC(C)(C)OC(=O)NCc1cccc(Nc2nn(C3CCCCC3C#N)c3cc[nH]c(=O)c23)c1. The van der Waals surface area contributed by atoms with E-state index in [0.717, 1.165) is 36.9 Å². The highest BCUT2D eigenvalue weighted by molar-refractivity contribution is 5.91. The van der Waals surface area contributed by atoms with Crippen LogP contribution in [0.3, 0.4) is 0 Å². The lowest BCUT2D eigenvalue weighted by Gasteiger charge is -2.27. The Morgan fingerprint density at radius 3 is 2.85 bits per heavy atom. The summed E-state index contributed by atoms with van der Waals surface area (Å²) in [6.45, 7) is 5.74. The van der Waals surface area contributed by atoms with E-state index in [2.05, 4.69) is 21.7 Å². The molecule has 1 fully saturated rings. The number of nitrogens with one attached hydrogen (secondary N) is 3. The number of alkyl carbamates (subject to hydrolysis) is 1. The molecule has 2 unspecified atom stereocenters. The summed E-state index contributed by atoms with van der Waals surface area (Å²) in [4.78, 5) is 27.4. The summed E-state index contributed by atoms with van der Waals surface area (Å²) in [5, 5.41) is 20.9. The third-order valence-corrected chi connectivity index (χ3v) is 5.87. The first-order valence-electron chi connectivity index (χ1n) is 11.6. The topological polar surface area (TPSA) is 125 Å². The molecular formula is C25H30N6O3. The average Bonchev–Trinajstić information content (AvgIpc) is 3.16. The predicted molar refractivity (Wildman–Crippen MR) is 130 cm³/mol. The number of benzene rings is 1. The number of nitrogens with zero attached hydrogens (tertiary/aromatic N) is 3. The molecule has 9 nitrogen and oxygen atoms in total. The number of rotatable bonds is 5. The Morgan fingerprint density at radius 2 is 2.09 bits per heavy atom. The zero-order valence-corrected chi connectivity index (χ0v) is 19.7. The van der Waals surface area contributed by atoms with Crippen molar-refractivity contribution in [2.45, 2.75) is 64.6 Å². The molecule has 0 saturated heterocycles. The minimum absolute atomic E-state index is 0.0667. The van der Waals surface area contributed by atoms with E-state index in [9.17, 15) is 14.9 Å². The molecule has 3 aromatic rings. The van der Waals surface area contributed by atoms with Crippen LogP contribution in [0.25, 0.3) is 10.9 Å². The maximum absolute atomic E-state index is 12.7. The highest BCUT2D eigenvalue weighted by atomic mass is 16.6. The molecule has 3 N–H and O–H groups in total. The minimum Gasteiger partial charge on any atom is -0.444 e. The van der Waals surface area contributed by atoms with Crippen LogP contribution in [0.5, 0.6) is 0 Å². The molecule has 34 heavy (non-hydrogen) atoms. The molecule has 1 aliphatic carbocycles. The van der Waals surface area contributed by atoms with Gasteiger partial charge in [-0.15, -0.1) is 0 Å². The van der Waals surface area contributed by atoms with E-state index in [0.29, 0.717) is 23.3 Å². The fraction of sp³-hybridized carbons (Fsp3) is 0.440. The van der Waals surface area contributed by atoms with Crippen LogP contribution in [-0.2, 0) is 11.3 Å². The Labute approximate surface area is 198 Å². The fourth-order valence-electron chi connectivity index (χ4n) is 4.38. The Balaban J connectivity index is 1.59. The lowest BCUT2D eigenvalue weighted by Crippen LogP contribution is -2.32. The zero-order chi connectivity index (χ0) is 24.3. The number of aromatic amines is 1. The first-order chi connectivity index (χ1) is 16.2. The second kappa shape index (κ2) is 9.59. The van der Waals surface area contributed by atoms with Crippen LogP contribution in [0.1, 0.15) is 58.1 Å². The molecule has 9 heteroatoms. The van der Waals surface area contributed by atoms with Crippen LogP contribution in [0, 0.1) is 17.2 Å². The summed E-state index contributed by atoms with van der Waals surface area (Å²) >= 11 is 0. The molecule has 2 aromatic heterocycles. The molecule has 2 atom stereocenters. The van der Waals surface area contributed by atoms with Crippen molar-refractivity contribution < 1.29 is 9.53 Å². The van der Waals surface area contributed by atoms with Gasteiger partial charge in [-0.2, -0.15) is 10.4 Å². The number of anilines is 2. The maximum atomic E-state index is 12.7. The molecule has 2 heterocycles. The van der Waals surface area contributed by atoms with Gasteiger partial charge in [0.2, 0.25) is 0 Å². The third kappa shape index (κ3) is 5.22. The number of aromatic nitrogens is 3. The normalized spacial score (nSPS) is 18.3. The Bertz CT molecular complexity index is 1280. The summed E-state index contributed by atoms with van der Waals surface area (Å²) in [5.74, 6) is 0.308. The van der Waals surface area contributed by atoms with Gasteiger partial charge in [-0.05, 0) is 57.4 Å². The van der Waals surface area contributed by atoms with Crippen LogP contribution in [0.4, 0.5) is 16.3 Å². The van der Waals surface area contributed by atoms with E-state index < -0.39 is 11.7 Å². The van der Waals surface area contributed by atoms with Crippen molar-refractivity contribution in [2.75, 3.05) is 5.32 Å². The highest BCUT2D eigenvalue weighted by Gasteiger charge is 2.29. The molecule has 1 aliphatic rings. The monoisotopic (exact) mass is 462 g/mol. The second-order valence-corrected chi connectivity index (χ2v) is 9.63. The number of ether oxygens (including phenoxy) is 1. The molecule has 1 aromatic carbocycles. The van der Waals surface area contributed by atoms with Crippen LogP contribution >= 0.6 is 0 Å². The minimum atomic E-state index is -0.566. The zero-order valence-electron chi connectivity index (χ0n) is 19.7. The number of nitriles is 1. The van der Waals surface area contributed by atoms with Crippen molar-refractivity contribution in [3.63, 3.8) is 0 Å². The summed E-state index contributed by atoms with van der Waals surface area (Å²) in [7, 11) is 0. The van der Waals surface area contributed by atoms with Crippen molar-refractivity contribution in [2.24, 2.45) is 5.92 Å². The maximum Gasteiger partial charge on any atom is 0.407 e. The lowest BCUT2D eigenvalue weighted by atomic mass is 9.85. The van der Waals surface area contributed by atoms with E-state index in [4.69, 9.17) is 9.84 Å². The predicted octanol–water partition coefficient (Wildman–Crippen LogP) is 4.75. The Hall–Kier alpha value is -3.80. The van der Waals surface area contributed by atoms with E-state index in [-0.39, 0.29) is 17.5 Å². The number of H-pyrrole nitrogens is 1. The Kier molecular flexibility index (Phi) is 6.59. The summed E-state index contributed by atoms with van der Waals surface area (Å²) in [6.07, 6.45) is 4.88. The molecule has 0 spiro atoms. The summed E-state index contributed by atoms with van der Waals surface area (Å²) in [6, 6.07) is 11.7. The molecule has 178 valence electrons. The van der Waals surface area contributed by atoms with E-state index in [1.807, 2.05) is 55.8 Å². The van der Waals surface area contributed by atoms with Crippen molar-refractivity contribution in [3.05, 3.63) is 52.4 Å². The third-order valence-electron chi connectivity index (χ3n) is 5.87. The number of carbonyl (C=O) groups is 1. The quantitative estimate of drug-likeness (QED) is 0.503. The van der Waals surface area contributed by atoms with Crippen LogP contribution in [0.2, 0.25) is 0 Å². The van der Waals surface area contributed by atoms with Crippen molar-refractivity contribution in [3.8, 4) is 6.07 Å². The number of pyridine rings is 1. The number of fused-ring (bicyclic) bond motifs is 1. The number of amides is 1. The molecule has 4 rings (SSSR count). The van der Waals surface area contributed by atoms with Crippen molar-refractivity contribution in [1.29, 1.82) is 5.26 Å². The van der Waals surface area contributed by atoms with Gasteiger partial charge in [0.05, 0.1) is 23.5 Å². The lowest BCUT2D eigenvalue weighted by molar-refractivity contribution is 0.0523. The van der Waals surface area contributed by atoms with Gasteiger partial charge in [0.1, 0.15) is 11.0 Å². The molecule has 1 saturated carbocycles. The number of hydrogen-bond donors (Lipinski definition) is 3. The van der Waals surface area contributed by atoms with E-state index in [1.165, 1.54) is 0 Å². The van der Waals surface area contributed by atoms with Gasteiger partial charge in [0, 0.05) is 18.4 Å². The van der Waals surface area contributed by atoms with Gasteiger partial charge in [-0.1, -0.05) is 25.0 Å². The second-order valence-electron chi connectivity index (χ2n) is 9.63. The summed E-state index contributed by atoms with van der Waals surface area (Å²) < 4.78 is 7.13. The molecule has 0 bridgehead atoms. The Morgan fingerprint density at radius 1 is 1.29 bits per heavy atom. The van der Waals surface area contributed by atoms with Crippen molar-refractivity contribution in [1.82, 2.24) is 20.1 Å². The average molecular weight is 463 g/mol.